The molecule has 0 aliphatic carbocycles. The van der Waals surface area contributed by atoms with Crippen LogP contribution in [0.25, 0.3) is 0 Å². The molecule has 1 heterocycles. The average molecular weight is 455 g/mol. The van der Waals surface area contributed by atoms with Gasteiger partial charge in [0.25, 0.3) is 0 Å². The number of likely N-dealkylation sites (tertiary alicyclic amines) is 1. The third-order valence-electron chi connectivity index (χ3n) is 5.63. The summed E-state index contributed by atoms with van der Waals surface area (Å²) in [7, 11) is 0. The Bertz CT molecular complexity index is 1010. The maximum absolute atomic E-state index is 13.5. The number of hydroxylamine groups is 1. The lowest BCUT2D eigenvalue weighted by Crippen LogP contribution is -2.42. The first kappa shape index (κ1) is 22.8. The highest BCUT2D eigenvalue weighted by molar-refractivity contribution is 5.88. The van der Waals surface area contributed by atoms with Crippen LogP contribution in [0.15, 0.2) is 72.8 Å². The normalized spacial score (nSPS) is 14.9. The number of piperidine rings is 1. The maximum atomic E-state index is 13.5. The van der Waals surface area contributed by atoms with E-state index in [0.717, 1.165) is 11.1 Å². The largest absolute Gasteiger partial charge is 0.343 e. The Kier molecular flexibility index (Phi) is 7.26. The summed E-state index contributed by atoms with van der Waals surface area (Å²) in [6, 6.07) is 17.4. The number of nitrogens with zero attached hydrogens (tertiary/aromatic N) is 1. The smallest absolute Gasteiger partial charge is 0.306 e. The van der Waals surface area contributed by atoms with E-state index in [9.17, 15) is 18.0 Å². The number of urea groups is 1. The minimum Gasteiger partial charge on any atom is -0.306 e. The quantitative estimate of drug-likeness (QED) is 0.489. The average Bonchev–Trinajstić information content (AvgIpc) is 2.83. The molecule has 1 aliphatic heterocycles. The van der Waals surface area contributed by atoms with Crippen LogP contribution in [0, 0.1) is 17.5 Å². The van der Waals surface area contributed by atoms with Crippen molar-refractivity contribution in [3.63, 3.8) is 0 Å². The molecule has 0 spiro atoms. The van der Waals surface area contributed by atoms with Gasteiger partial charge in [0.2, 0.25) is 0 Å². The van der Waals surface area contributed by atoms with Crippen LogP contribution in [0.3, 0.4) is 0 Å². The van der Waals surface area contributed by atoms with Gasteiger partial charge in [-0.2, -0.15) is 0 Å². The van der Waals surface area contributed by atoms with Crippen molar-refractivity contribution >= 4 is 11.7 Å². The lowest BCUT2D eigenvalue weighted by atomic mass is 9.94. The van der Waals surface area contributed by atoms with Crippen molar-refractivity contribution in [2.45, 2.75) is 25.0 Å². The molecule has 1 fully saturated rings. The van der Waals surface area contributed by atoms with Crippen LogP contribution in [-0.2, 0) is 4.84 Å². The van der Waals surface area contributed by atoms with Crippen LogP contribution in [0.2, 0.25) is 0 Å². The van der Waals surface area contributed by atoms with Crippen molar-refractivity contribution in [2.24, 2.45) is 0 Å². The van der Waals surface area contributed by atoms with Gasteiger partial charge >= 0.3 is 6.03 Å². The lowest BCUT2D eigenvalue weighted by Gasteiger charge is -2.37. The second-order valence-electron chi connectivity index (χ2n) is 7.92. The molecule has 5 nitrogen and oxygen atoms in total. The van der Waals surface area contributed by atoms with E-state index in [1.165, 1.54) is 48.5 Å². The molecule has 0 radical (unpaired) electrons. The number of anilines is 1. The Morgan fingerprint density at radius 3 is 1.73 bits per heavy atom. The Morgan fingerprint density at radius 2 is 1.24 bits per heavy atom. The standard InChI is InChI=1S/C25H24F3N3O2/c26-19-5-1-17(2-6-19)24(18-3-7-20(27)8-4-18)31-15-13-23(14-16-31)33-30-25(32)29-22-11-9-21(28)10-12-22/h1-12,23-24H,13-16H2,(H2,29,30,32). The monoisotopic (exact) mass is 455 g/mol. The van der Waals surface area contributed by atoms with Crippen molar-refractivity contribution < 1.29 is 22.8 Å². The number of nitrogens with one attached hydrogen (secondary N) is 2. The fourth-order valence-corrected chi connectivity index (χ4v) is 3.98. The number of hydrogen-bond acceptors (Lipinski definition) is 3. The van der Waals surface area contributed by atoms with Gasteiger partial charge in [0.1, 0.15) is 17.5 Å². The fourth-order valence-electron chi connectivity index (χ4n) is 3.98. The number of rotatable bonds is 6. The molecule has 0 aromatic heterocycles. The van der Waals surface area contributed by atoms with Gasteiger partial charge in [0, 0.05) is 18.8 Å². The molecule has 2 N–H and O–H groups in total. The van der Waals surface area contributed by atoms with Crippen molar-refractivity contribution in [1.82, 2.24) is 10.4 Å². The summed E-state index contributed by atoms with van der Waals surface area (Å²) in [5.41, 5.74) is 4.67. The van der Waals surface area contributed by atoms with E-state index >= 15 is 0 Å². The van der Waals surface area contributed by atoms with E-state index in [2.05, 4.69) is 15.7 Å². The van der Waals surface area contributed by atoms with Gasteiger partial charge in [0.05, 0.1) is 12.1 Å². The number of amides is 2. The van der Waals surface area contributed by atoms with E-state index in [1.54, 1.807) is 24.3 Å². The SMILES string of the molecule is O=C(NOC1CCN(C(c2ccc(F)cc2)c2ccc(F)cc2)CC1)Nc1ccc(F)cc1. The summed E-state index contributed by atoms with van der Waals surface area (Å²) in [5, 5.41) is 2.57. The van der Waals surface area contributed by atoms with Crippen LogP contribution in [0.5, 0.6) is 0 Å². The van der Waals surface area contributed by atoms with Gasteiger partial charge in [-0.1, -0.05) is 24.3 Å². The Balaban J connectivity index is 1.35. The molecule has 0 bridgehead atoms. The highest BCUT2D eigenvalue weighted by Crippen LogP contribution is 2.32. The van der Waals surface area contributed by atoms with Gasteiger partial charge < -0.3 is 5.32 Å². The zero-order valence-corrected chi connectivity index (χ0v) is 17.8. The second kappa shape index (κ2) is 10.5. The highest BCUT2D eigenvalue weighted by atomic mass is 19.1. The predicted octanol–water partition coefficient (Wildman–Crippen LogP) is 5.41. The molecule has 2 amide bonds. The van der Waals surface area contributed by atoms with Gasteiger partial charge in [-0.05, 0) is 72.5 Å². The first-order valence-electron chi connectivity index (χ1n) is 10.7. The fraction of sp³-hybridized carbons (Fsp3) is 0.240. The first-order chi connectivity index (χ1) is 16.0. The number of carbonyl (C=O) groups excluding carboxylic acids is 1. The van der Waals surface area contributed by atoms with Crippen molar-refractivity contribution in [2.75, 3.05) is 18.4 Å². The van der Waals surface area contributed by atoms with Crippen LogP contribution >= 0.6 is 0 Å². The van der Waals surface area contributed by atoms with Crippen molar-refractivity contribution in [3.8, 4) is 0 Å². The Morgan fingerprint density at radius 1 is 0.788 bits per heavy atom. The molecular weight excluding hydrogens is 431 g/mol. The van der Waals surface area contributed by atoms with Gasteiger partial charge in [-0.15, -0.1) is 0 Å². The van der Waals surface area contributed by atoms with E-state index in [4.69, 9.17) is 4.84 Å². The van der Waals surface area contributed by atoms with Crippen molar-refractivity contribution in [3.05, 3.63) is 101 Å². The Labute approximate surface area is 190 Å². The van der Waals surface area contributed by atoms with E-state index < -0.39 is 6.03 Å². The van der Waals surface area contributed by atoms with Gasteiger partial charge in [-0.3, -0.25) is 9.74 Å². The zero-order chi connectivity index (χ0) is 23.2. The summed E-state index contributed by atoms with van der Waals surface area (Å²) < 4.78 is 39.9. The molecule has 1 saturated heterocycles. The van der Waals surface area contributed by atoms with Crippen molar-refractivity contribution in [1.29, 1.82) is 0 Å². The third kappa shape index (κ3) is 6.12. The van der Waals surface area contributed by atoms with Crippen LogP contribution in [-0.4, -0.2) is 30.1 Å². The van der Waals surface area contributed by atoms with E-state index in [0.29, 0.717) is 31.6 Å². The molecule has 8 heteroatoms. The molecule has 172 valence electrons. The summed E-state index contributed by atoms with van der Waals surface area (Å²) in [6.45, 7) is 1.34. The molecule has 0 atom stereocenters. The number of hydrogen-bond donors (Lipinski definition) is 2. The summed E-state index contributed by atoms with van der Waals surface area (Å²) >= 11 is 0. The molecule has 1 aliphatic rings. The van der Waals surface area contributed by atoms with Gasteiger partial charge in [0.15, 0.2) is 0 Å². The highest BCUT2D eigenvalue weighted by Gasteiger charge is 2.28. The minimum atomic E-state index is -0.542. The molecule has 4 rings (SSSR count). The minimum absolute atomic E-state index is 0.151. The van der Waals surface area contributed by atoms with Crippen LogP contribution in [0.1, 0.15) is 30.0 Å². The maximum Gasteiger partial charge on any atom is 0.343 e. The summed E-state index contributed by atoms with van der Waals surface area (Å²) in [5.74, 6) is -1.01. The topological polar surface area (TPSA) is 53.6 Å². The zero-order valence-electron chi connectivity index (χ0n) is 17.8. The molecule has 0 unspecified atom stereocenters. The number of carbonyl (C=O) groups is 1. The number of benzene rings is 3. The number of halogens is 3. The third-order valence-corrected chi connectivity index (χ3v) is 5.63. The van der Waals surface area contributed by atoms with Gasteiger partial charge in [-0.25, -0.2) is 23.4 Å². The molecule has 33 heavy (non-hydrogen) atoms. The van der Waals surface area contributed by atoms with Crippen LogP contribution < -0.4 is 10.8 Å². The predicted molar refractivity (Wildman–Crippen MR) is 119 cm³/mol. The molecular formula is C25H24F3N3O2. The lowest BCUT2D eigenvalue weighted by molar-refractivity contribution is -0.0377. The second-order valence-corrected chi connectivity index (χ2v) is 7.92. The molecule has 3 aromatic carbocycles. The van der Waals surface area contributed by atoms with Crippen LogP contribution in [0.4, 0.5) is 23.7 Å². The van der Waals surface area contributed by atoms with E-state index in [1.807, 2.05) is 0 Å². The molecule has 3 aromatic rings. The summed E-state index contributed by atoms with van der Waals surface area (Å²) in [6.07, 6.45) is 1.15. The molecule has 0 saturated carbocycles. The first-order valence-corrected chi connectivity index (χ1v) is 10.7. The van der Waals surface area contributed by atoms with E-state index in [-0.39, 0.29) is 29.6 Å². The summed E-state index contributed by atoms with van der Waals surface area (Å²) in [4.78, 5) is 19.8. The Hall–Kier alpha value is -3.36.